The molecule has 30 heavy (non-hydrogen) atoms. The minimum atomic E-state index is 0.0548. The van der Waals surface area contributed by atoms with Gasteiger partial charge in [0.05, 0.1) is 0 Å². The van der Waals surface area contributed by atoms with Crippen LogP contribution in [-0.4, -0.2) is 0 Å². The van der Waals surface area contributed by atoms with E-state index in [-0.39, 0.29) is 16.2 Å². The Balaban J connectivity index is 2.54. The Hall–Kier alpha value is -1.35. The summed E-state index contributed by atoms with van der Waals surface area (Å²) in [7, 11) is 0. The van der Waals surface area contributed by atoms with Crippen molar-refractivity contribution in [2.24, 2.45) is 0 Å². The van der Waals surface area contributed by atoms with E-state index in [1.807, 2.05) is 0 Å². The lowest BCUT2D eigenvalue weighted by Crippen LogP contribution is -2.23. The van der Waals surface area contributed by atoms with E-state index < -0.39 is 0 Å². The predicted molar refractivity (Wildman–Crippen MR) is 143 cm³/mol. The molecule has 0 aliphatic carbocycles. The summed E-state index contributed by atoms with van der Waals surface area (Å²) in [5.74, 6) is 0. The van der Waals surface area contributed by atoms with Gasteiger partial charge in [0, 0.05) is 3.57 Å². The summed E-state index contributed by atoms with van der Waals surface area (Å²) < 4.78 is 1.37. The Kier molecular flexibility index (Phi) is 5.95. The minimum absolute atomic E-state index is 0.0548. The lowest BCUT2D eigenvalue weighted by atomic mass is 9.70. The third-order valence-corrected chi connectivity index (χ3v) is 7.51. The maximum Gasteiger partial charge on any atom is 0.0244 e. The van der Waals surface area contributed by atoms with E-state index in [0.717, 1.165) is 0 Å². The Labute approximate surface area is 197 Å². The van der Waals surface area contributed by atoms with Gasteiger partial charge in [-0.2, -0.15) is 0 Å². The van der Waals surface area contributed by atoms with Gasteiger partial charge < -0.3 is 0 Å². The van der Waals surface area contributed by atoms with Crippen LogP contribution < -0.4 is 0 Å². The lowest BCUT2D eigenvalue weighted by molar-refractivity contribution is 0.550. The molecule has 0 amide bonds. The molecule has 0 radical (unpaired) electrons. The fourth-order valence-electron chi connectivity index (χ4n) is 4.23. The van der Waals surface area contributed by atoms with E-state index in [1.165, 1.54) is 47.7 Å². The summed E-state index contributed by atoms with van der Waals surface area (Å²) in [5, 5.41) is 2.68. The van der Waals surface area contributed by atoms with Crippen LogP contribution in [0.25, 0.3) is 21.9 Å². The molecule has 3 aromatic carbocycles. The lowest BCUT2D eigenvalue weighted by Gasteiger charge is -2.34. The third kappa shape index (κ3) is 4.33. The van der Waals surface area contributed by atoms with E-state index in [0.29, 0.717) is 0 Å². The Morgan fingerprint density at radius 2 is 1.17 bits per heavy atom. The van der Waals surface area contributed by atoms with Gasteiger partial charge in [-0.25, -0.2) is 0 Å². The maximum atomic E-state index is 2.57. The van der Waals surface area contributed by atoms with Gasteiger partial charge in [-0.05, 0) is 96.0 Å². The van der Waals surface area contributed by atoms with Gasteiger partial charge in [-0.1, -0.05) is 98.7 Å². The van der Waals surface area contributed by atoms with E-state index in [2.05, 4.69) is 134 Å². The van der Waals surface area contributed by atoms with Crippen molar-refractivity contribution in [3.63, 3.8) is 0 Å². The highest BCUT2D eigenvalue weighted by Crippen LogP contribution is 2.46. The molecule has 0 nitrogen and oxygen atoms in total. The molecule has 3 aromatic rings. The Morgan fingerprint density at radius 1 is 0.667 bits per heavy atom. The fourth-order valence-corrected chi connectivity index (χ4v) is 4.95. The fraction of sp³-hybridized carbons (Fsp3) is 0.448. The quantitative estimate of drug-likeness (QED) is 0.285. The molecule has 3 rings (SSSR count). The van der Waals surface area contributed by atoms with Crippen molar-refractivity contribution < 1.29 is 0 Å². The van der Waals surface area contributed by atoms with Crippen molar-refractivity contribution in [2.75, 3.05) is 0 Å². The van der Waals surface area contributed by atoms with Crippen LogP contribution >= 0.6 is 22.6 Å². The highest BCUT2D eigenvalue weighted by atomic mass is 127. The molecule has 0 saturated carbocycles. The zero-order chi connectivity index (χ0) is 22.6. The molecule has 0 unspecified atom stereocenters. The van der Waals surface area contributed by atoms with Crippen molar-refractivity contribution in [2.45, 2.75) is 85.5 Å². The van der Waals surface area contributed by atoms with Crippen molar-refractivity contribution in [3.8, 4) is 11.1 Å². The molecule has 0 atom stereocenters. The van der Waals surface area contributed by atoms with E-state index in [4.69, 9.17) is 0 Å². The van der Waals surface area contributed by atoms with Crippen LogP contribution in [0.4, 0.5) is 0 Å². The number of fused-ring (bicyclic) bond motifs is 1. The van der Waals surface area contributed by atoms with Gasteiger partial charge in [0.25, 0.3) is 0 Å². The van der Waals surface area contributed by atoms with E-state index >= 15 is 0 Å². The van der Waals surface area contributed by atoms with Gasteiger partial charge in [0.1, 0.15) is 0 Å². The highest BCUT2D eigenvalue weighted by Gasteiger charge is 2.30. The van der Waals surface area contributed by atoms with Gasteiger partial charge in [-0.3, -0.25) is 0 Å². The van der Waals surface area contributed by atoms with Crippen LogP contribution in [0, 0.1) is 10.5 Å². The topological polar surface area (TPSA) is 0 Å². The van der Waals surface area contributed by atoms with Gasteiger partial charge in [0.15, 0.2) is 0 Å². The summed E-state index contributed by atoms with van der Waals surface area (Å²) in [6, 6.07) is 16.2. The molecule has 1 heteroatoms. The molecule has 0 aliphatic heterocycles. The molecule has 0 saturated heterocycles. The highest BCUT2D eigenvalue weighted by molar-refractivity contribution is 14.1. The smallest absolute Gasteiger partial charge is 0.0244 e. The SMILES string of the molecule is Cc1c(I)c(-c2c(C(C)(C)C)cc(C(C)(C)C)cc2C(C)(C)C)cc2ccccc12. The Bertz CT molecular complexity index is 1060. The van der Waals surface area contributed by atoms with Crippen molar-refractivity contribution in [3.05, 3.63) is 68.3 Å². The first kappa shape index (κ1) is 23.3. The molecule has 0 aromatic heterocycles. The van der Waals surface area contributed by atoms with Gasteiger partial charge in [0.2, 0.25) is 0 Å². The maximum absolute atomic E-state index is 2.57. The summed E-state index contributed by atoms with van der Waals surface area (Å²) in [6.45, 7) is 23.4. The molecule has 0 fully saturated rings. The van der Waals surface area contributed by atoms with Crippen LogP contribution in [0.1, 0.15) is 84.6 Å². The number of benzene rings is 3. The zero-order valence-electron chi connectivity index (χ0n) is 20.4. The molecule has 0 spiro atoms. The third-order valence-electron chi connectivity index (χ3n) is 6.12. The molecule has 160 valence electrons. The predicted octanol–water partition coefficient (Wildman–Crippen LogP) is 9.31. The number of hydrogen-bond donors (Lipinski definition) is 0. The molecule has 0 heterocycles. The van der Waals surface area contributed by atoms with Crippen LogP contribution in [0.15, 0.2) is 42.5 Å². The Morgan fingerprint density at radius 3 is 1.63 bits per heavy atom. The molecular formula is C29H37I. The standard InChI is InChI=1S/C29H37I/c1-18-21-14-12-11-13-19(21)15-22(26(18)30)25-23(28(5,6)7)16-20(27(2,3)4)17-24(25)29(8,9)10/h11-17H,1-10H3. The second-order valence-electron chi connectivity index (χ2n) is 11.8. The summed E-state index contributed by atoms with van der Waals surface area (Å²) in [4.78, 5) is 0. The monoisotopic (exact) mass is 512 g/mol. The molecular weight excluding hydrogens is 475 g/mol. The van der Waals surface area contributed by atoms with Crippen LogP contribution in [0.5, 0.6) is 0 Å². The second-order valence-corrected chi connectivity index (χ2v) is 12.9. The summed E-state index contributed by atoms with van der Waals surface area (Å²) in [6.07, 6.45) is 0. The van der Waals surface area contributed by atoms with Crippen LogP contribution in [0.3, 0.4) is 0 Å². The van der Waals surface area contributed by atoms with Crippen molar-refractivity contribution in [1.82, 2.24) is 0 Å². The first-order valence-electron chi connectivity index (χ1n) is 11.0. The summed E-state index contributed by atoms with van der Waals surface area (Å²) in [5.41, 5.74) is 8.74. The van der Waals surface area contributed by atoms with Crippen LogP contribution in [-0.2, 0) is 16.2 Å². The van der Waals surface area contributed by atoms with E-state index in [1.54, 1.807) is 0 Å². The zero-order valence-corrected chi connectivity index (χ0v) is 22.6. The van der Waals surface area contributed by atoms with E-state index in [9.17, 15) is 0 Å². The average molecular weight is 513 g/mol. The number of hydrogen-bond acceptors (Lipinski definition) is 0. The molecule has 0 N–H and O–H groups in total. The van der Waals surface area contributed by atoms with Gasteiger partial charge >= 0.3 is 0 Å². The number of aryl methyl sites for hydroxylation is 1. The van der Waals surface area contributed by atoms with Gasteiger partial charge in [-0.15, -0.1) is 0 Å². The molecule has 0 bridgehead atoms. The second kappa shape index (κ2) is 7.65. The molecule has 0 aliphatic rings. The number of halogens is 1. The van der Waals surface area contributed by atoms with Crippen molar-refractivity contribution >= 4 is 33.4 Å². The average Bonchev–Trinajstić information content (AvgIpc) is 2.61. The minimum Gasteiger partial charge on any atom is -0.0616 e. The first-order chi connectivity index (χ1) is 13.6. The normalized spacial score (nSPS) is 13.2. The largest absolute Gasteiger partial charge is 0.0616 e. The first-order valence-corrected chi connectivity index (χ1v) is 12.1. The number of rotatable bonds is 1. The summed E-state index contributed by atoms with van der Waals surface area (Å²) >= 11 is 2.57. The van der Waals surface area contributed by atoms with Crippen LogP contribution in [0.2, 0.25) is 0 Å². The van der Waals surface area contributed by atoms with Crippen molar-refractivity contribution in [1.29, 1.82) is 0 Å².